The molecular weight excluding hydrogens is 196 g/mol. The highest BCUT2D eigenvalue weighted by molar-refractivity contribution is 7.98. The van der Waals surface area contributed by atoms with E-state index < -0.39 is 0 Å². The van der Waals surface area contributed by atoms with Crippen LogP contribution in [0.3, 0.4) is 0 Å². The molecule has 0 heterocycles. The van der Waals surface area contributed by atoms with Crippen LogP contribution in [-0.4, -0.2) is 43.6 Å². The van der Waals surface area contributed by atoms with Gasteiger partial charge in [0, 0.05) is 20.6 Å². The Morgan fingerprint density at radius 2 is 1.86 bits per heavy atom. The van der Waals surface area contributed by atoms with Gasteiger partial charge in [-0.25, -0.2) is 4.79 Å². The normalized spacial score (nSPS) is 9.93. The Hall–Kier alpha value is -0.380. The van der Waals surface area contributed by atoms with Crippen LogP contribution < -0.4 is 5.32 Å². The molecule has 0 rings (SSSR count). The van der Waals surface area contributed by atoms with Crippen molar-refractivity contribution in [3.63, 3.8) is 0 Å². The maximum Gasteiger partial charge on any atom is 0.316 e. The summed E-state index contributed by atoms with van der Waals surface area (Å²) in [5.74, 6) is 1.25. The van der Waals surface area contributed by atoms with E-state index >= 15 is 0 Å². The van der Waals surface area contributed by atoms with Crippen molar-refractivity contribution < 1.29 is 4.79 Å². The fourth-order valence-electron chi connectivity index (χ4n) is 1.08. The number of thioether (sulfide) groups is 1. The number of carbonyl (C=O) groups excluding carboxylic acids is 1. The van der Waals surface area contributed by atoms with E-state index in [1.165, 1.54) is 25.0 Å². The lowest BCUT2D eigenvalue weighted by Crippen LogP contribution is -2.34. The number of amides is 2. The second-order valence-corrected chi connectivity index (χ2v) is 4.52. The molecule has 4 heteroatoms. The Morgan fingerprint density at radius 1 is 1.21 bits per heavy atom. The van der Waals surface area contributed by atoms with Gasteiger partial charge in [-0.05, 0) is 24.9 Å². The zero-order valence-corrected chi connectivity index (χ0v) is 10.3. The first kappa shape index (κ1) is 13.6. The van der Waals surface area contributed by atoms with Crippen LogP contribution >= 0.6 is 11.8 Å². The topological polar surface area (TPSA) is 32.3 Å². The molecule has 0 aromatic heterocycles. The molecule has 0 fully saturated rings. The molecule has 0 aromatic rings. The van der Waals surface area contributed by atoms with Crippen molar-refractivity contribution in [2.75, 3.05) is 32.6 Å². The minimum absolute atomic E-state index is 0.00844. The van der Waals surface area contributed by atoms with Crippen LogP contribution in [0, 0.1) is 0 Å². The van der Waals surface area contributed by atoms with Crippen molar-refractivity contribution >= 4 is 17.8 Å². The van der Waals surface area contributed by atoms with Crippen LogP contribution in [0.5, 0.6) is 0 Å². The van der Waals surface area contributed by atoms with Crippen molar-refractivity contribution in [2.45, 2.75) is 25.7 Å². The molecule has 0 atom stereocenters. The van der Waals surface area contributed by atoms with Crippen molar-refractivity contribution in [3.8, 4) is 0 Å². The summed E-state index contributed by atoms with van der Waals surface area (Å²) in [4.78, 5) is 12.7. The highest BCUT2D eigenvalue weighted by atomic mass is 32.2. The monoisotopic (exact) mass is 218 g/mol. The summed E-state index contributed by atoms with van der Waals surface area (Å²) in [6.45, 7) is 0.802. The minimum Gasteiger partial charge on any atom is -0.338 e. The van der Waals surface area contributed by atoms with Crippen LogP contribution in [0.4, 0.5) is 4.79 Å². The zero-order chi connectivity index (χ0) is 10.8. The van der Waals surface area contributed by atoms with Crippen molar-refractivity contribution in [3.05, 3.63) is 0 Å². The van der Waals surface area contributed by atoms with Gasteiger partial charge in [-0.2, -0.15) is 11.8 Å². The van der Waals surface area contributed by atoms with Gasteiger partial charge in [-0.15, -0.1) is 0 Å². The largest absolute Gasteiger partial charge is 0.338 e. The van der Waals surface area contributed by atoms with Crippen LogP contribution in [-0.2, 0) is 0 Å². The summed E-state index contributed by atoms with van der Waals surface area (Å²) in [5, 5.41) is 2.85. The van der Waals surface area contributed by atoms with Crippen molar-refractivity contribution in [2.24, 2.45) is 0 Å². The number of unbranched alkanes of at least 4 members (excludes halogenated alkanes) is 3. The maximum atomic E-state index is 11.1. The minimum atomic E-state index is 0.00844. The SMILES string of the molecule is CSCCCCCCNC(=O)N(C)C. The number of hydrogen-bond donors (Lipinski definition) is 1. The summed E-state index contributed by atoms with van der Waals surface area (Å²) in [6.07, 6.45) is 7.01. The van der Waals surface area contributed by atoms with E-state index in [0.29, 0.717) is 0 Å². The highest BCUT2D eigenvalue weighted by Crippen LogP contribution is 2.03. The molecule has 3 nitrogen and oxygen atoms in total. The predicted octanol–water partition coefficient (Wildman–Crippen LogP) is 2.18. The first-order valence-corrected chi connectivity index (χ1v) is 6.52. The van der Waals surface area contributed by atoms with Crippen LogP contribution in [0.2, 0.25) is 0 Å². The van der Waals surface area contributed by atoms with E-state index in [1.807, 2.05) is 11.8 Å². The van der Waals surface area contributed by atoms with E-state index in [1.54, 1.807) is 19.0 Å². The first-order valence-electron chi connectivity index (χ1n) is 5.12. The lowest BCUT2D eigenvalue weighted by molar-refractivity contribution is 0.217. The Labute approximate surface area is 91.6 Å². The predicted molar refractivity (Wildman–Crippen MR) is 63.9 cm³/mol. The summed E-state index contributed by atoms with van der Waals surface area (Å²) >= 11 is 1.90. The summed E-state index contributed by atoms with van der Waals surface area (Å²) in [6, 6.07) is 0.00844. The molecule has 0 bridgehead atoms. The van der Waals surface area contributed by atoms with E-state index in [9.17, 15) is 4.79 Å². The molecule has 0 aromatic carbocycles. The number of urea groups is 1. The Morgan fingerprint density at radius 3 is 2.43 bits per heavy atom. The Bertz CT molecular complexity index is 151. The molecule has 0 aliphatic rings. The number of nitrogens with one attached hydrogen (secondary N) is 1. The average molecular weight is 218 g/mol. The summed E-state index contributed by atoms with van der Waals surface area (Å²) in [7, 11) is 3.52. The average Bonchev–Trinajstić information content (AvgIpc) is 2.16. The third kappa shape index (κ3) is 8.23. The second-order valence-electron chi connectivity index (χ2n) is 3.53. The van der Waals surface area contributed by atoms with Crippen LogP contribution in [0.25, 0.3) is 0 Å². The molecule has 0 spiro atoms. The van der Waals surface area contributed by atoms with E-state index in [2.05, 4.69) is 11.6 Å². The van der Waals surface area contributed by atoms with Crippen LogP contribution in [0.1, 0.15) is 25.7 Å². The molecule has 0 aliphatic heterocycles. The molecule has 0 radical (unpaired) electrons. The Balaban J connectivity index is 3.10. The first-order chi connectivity index (χ1) is 6.68. The van der Waals surface area contributed by atoms with Gasteiger partial charge in [-0.1, -0.05) is 12.8 Å². The standard InChI is InChI=1S/C10H22N2OS/c1-12(2)10(13)11-8-6-4-5-7-9-14-3/h4-9H2,1-3H3,(H,11,13). The van der Waals surface area contributed by atoms with Crippen molar-refractivity contribution in [1.82, 2.24) is 10.2 Å². The molecule has 2 amide bonds. The molecule has 1 N–H and O–H groups in total. The smallest absolute Gasteiger partial charge is 0.316 e. The molecule has 84 valence electrons. The van der Waals surface area contributed by atoms with Crippen molar-refractivity contribution in [1.29, 1.82) is 0 Å². The number of nitrogens with zero attached hydrogens (tertiary/aromatic N) is 1. The molecule has 0 saturated carbocycles. The zero-order valence-electron chi connectivity index (χ0n) is 9.51. The van der Waals surface area contributed by atoms with Gasteiger partial charge in [0.05, 0.1) is 0 Å². The van der Waals surface area contributed by atoms with Gasteiger partial charge in [0.1, 0.15) is 0 Å². The van der Waals surface area contributed by atoms with E-state index in [4.69, 9.17) is 0 Å². The van der Waals surface area contributed by atoms with Gasteiger partial charge >= 0.3 is 6.03 Å². The molecular formula is C10H22N2OS. The lowest BCUT2D eigenvalue weighted by atomic mass is 10.2. The van der Waals surface area contributed by atoms with Gasteiger partial charge in [0.2, 0.25) is 0 Å². The Kier molecular flexibility index (Phi) is 8.94. The number of rotatable bonds is 7. The van der Waals surface area contributed by atoms with Gasteiger partial charge in [0.15, 0.2) is 0 Å². The molecule has 0 unspecified atom stereocenters. The van der Waals surface area contributed by atoms with Gasteiger partial charge in [0.25, 0.3) is 0 Å². The highest BCUT2D eigenvalue weighted by Gasteiger charge is 2.00. The second kappa shape index (κ2) is 9.19. The van der Waals surface area contributed by atoms with Gasteiger partial charge < -0.3 is 10.2 Å². The molecule has 0 aliphatic carbocycles. The quantitative estimate of drug-likeness (QED) is 0.664. The fraction of sp³-hybridized carbons (Fsp3) is 0.900. The van der Waals surface area contributed by atoms with Crippen LogP contribution in [0.15, 0.2) is 0 Å². The summed E-state index contributed by atoms with van der Waals surface area (Å²) < 4.78 is 0. The van der Waals surface area contributed by atoms with E-state index in [-0.39, 0.29) is 6.03 Å². The molecule has 14 heavy (non-hydrogen) atoms. The fourth-order valence-corrected chi connectivity index (χ4v) is 1.57. The van der Waals surface area contributed by atoms with E-state index in [0.717, 1.165) is 13.0 Å². The lowest BCUT2D eigenvalue weighted by Gasteiger charge is -2.11. The third-order valence-electron chi connectivity index (χ3n) is 1.96. The van der Waals surface area contributed by atoms with Gasteiger partial charge in [-0.3, -0.25) is 0 Å². The summed E-state index contributed by atoms with van der Waals surface area (Å²) in [5.41, 5.74) is 0. The number of carbonyl (C=O) groups is 1. The third-order valence-corrected chi connectivity index (χ3v) is 2.65. The number of hydrogen-bond acceptors (Lipinski definition) is 2. The molecule has 0 saturated heterocycles. The maximum absolute atomic E-state index is 11.1.